The number of aryl methyl sites for hydroxylation is 2. The van der Waals surface area contributed by atoms with Gasteiger partial charge >= 0.3 is 0 Å². The number of hydrogen-bond donors (Lipinski definition) is 1. The molecule has 10 heteroatoms. The fourth-order valence-electron chi connectivity index (χ4n) is 4.71. The predicted octanol–water partition coefficient (Wildman–Crippen LogP) is 3.34. The second-order valence-electron chi connectivity index (χ2n) is 9.34. The number of benzene rings is 1. The fourth-order valence-corrected chi connectivity index (χ4v) is 4.71. The lowest BCUT2D eigenvalue weighted by Gasteiger charge is -2.18. The molecule has 0 spiro atoms. The molecule has 1 aromatic carbocycles. The van der Waals surface area contributed by atoms with Gasteiger partial charge in [0.25, 0.3) is 11.5 Å². The molecule has 0 aliphatic rings. The largest absolute Gasteiger partial charge is 0.344 e. The zero-order valence-corrected chi connectivity index (χ0v) is 22.0. The molecule has 5 heterocycles. The molecular formula is C30H24N8O2. The summed E-state index contributed by atoms with van der Waals surface area (Å²) in [4.78, 5) is 36.8. The lowest BCUT2D eigenvalue weighted by molar-refractivity contribution is 0.0940. The molecule has 0 unspecified atom stereocenters. The van der Waals surface area contributed by atoms with Gasteiger partial charge in [0.15, 0.2) is 5.65 Å². The monoisotopic (exact) mass is 528 g/mol. The maximum absolute atomic E-state index is 14.1. The summed E-state index contributed by atoms with van der Waals surface area (Å²) in [5.41, 5.74) is 4.27. The maximum atomic E-state index is 14.1. The number of amides is 1. The van der Waals surface area contributed by atoms with Gasteiger partial charge in [-0.15, -0.1) is 0 Å². The summed E-state index contributed by atoms with van der Waals surface area (Å²) in [5, 5.41) is 11.6. The standard InChI is InChI=1S/C30H24N8O2/c1-19-25(28-31-15-8-16-37(28)35-19)29(39)33-20(2)27-26(22-9-5-4-6-10-22)30(40)38-23(11-7-12-24(38)34-27)14-13-21-17-32-36(3)18-21/h4-12,15-18,20H,1-3H3,(H,33,39)/t20-/m0/s1. The number of hydrogen-bond acceptors (Lipinski definition) is 6. The van der Waals surface area contributed by atoms with Crippen molar-refractivity contribution in [1.82, 2.24) is 39.1 Å². The third-order valence-corrected chi connectivity index (χ3v) is 6.53. The van der Waals surface area contributed by atoms with Crippen LogP contribution in [0.3, 0.4) is 0 Å². The van der Waals surface area contributed by atoms with Crippen molar-refractivity contribution in [2.45, 2.75) is 19.9 Å². The number of pyridine rings is 1. The number of nitrogens with zero attached hydrogens (tertiary/aromatic N) is 7. The Labute approximate surface area is 229 Å². The van der Waals surface area contributed by atoms with E-state index in [2.05, 4.69) is 32.3 Å². The van der Waals surface area contributed by atoms with Gasteiger partial charge in [-0.3, -0.25) is 18.7 Å². The molecule has 196 valence electrons. The summed E-state index contributed by atoms with van der Waals surface area (Å²) in [6, 6.07) is 15.8. The minimum atomic E-state index is -0.608. The van der Waals surface area contributed by atoms with Gasteiger partial charge < -0.3 is 5.32 Å². The number of carbonyl (C=O) groups excluding carboxylic acids is 1. The molecule has 0 fully saturated rings. The van der Waals surface area contributed by atoms with E-state index >= 15 is 0 Å². The van der Waals surface area contributed by atoms with E-state index in [1.807, 2.05) is 44.3 Å². The molecule has 0 bridgehead atoms. The van der Waals surface area contributed by atoms with Crippen LogP contribution in [0.2, 0.25) is 0 Å². The highest BCUT2D eigenvalue weighted by molar-refractivity contribution is 6.01. The fraction of sp³-hybridized carbons (Fsp3) is 0.133. The quantitative estimate of drug-likeness (QED) is 0.352. The summed E-state index contributed by atoms with van der Waals surface area (Å²) in [6.07, 6.45) is 6.82. The van der Waals surface area contributed by atoms with Crippen LogP contribution in [0, 0.1) is 18.8 Å². The minimum absolute atomic E-state index is 0.280. The van der Waals surface area contributed by atoms with Gasteiger partial charge in [0.1, 0.15) is 16.9 Å². The number of rotatable bonds is 4. The van der Waals surface area contributed by atoms with Crippen molar-refractivity contribution in [3.8, 4) is 23.0 Å². The van der Waals surface area contributed by atoms with E-state index < -0.39 is 6.04 Å². The Morgan fingerprint density at radius 1 is 1.05 bits per heavy atom. The summed E-state index contributed by atoms with van der Waals surface area (Å²) >= 11 is 0. The van der Waals surface area contributed by atoms with E-state index in [4.69, 9.17) is 4.98 Å². The molecule has 0 saturated heterocycles. The lowest BCUT2D eigenvalue weighted by atomic mass is 10.0. The minimum Gasteiger partial charge on any atom is -0.344 e. The number of carbonyl (C=O) groups is 1. The van der Waals surface area contributed by atoms with Gasteiger partial charge in [-0.25, -0.2) is 14.5 Å². The van der Waals surface area contributed by atoms with E-state index in [1.165, 1.54) is 4.40 Å². The van der Waals surface area contributed by atoms with Gasteiger partial charge in [-0.2, -0.15) is 10.2 Å². The first-order valence-electron chi connectivity index (χ1n) is 12.6. The third kappa shape index (κ3) is 4.39. The zero-order valence-electron chi connectivity index (χ0n) is 22.0. The summed E-state index contributed by atoms with van der Waals surface area (Å²) < 4.78 is 4.74. The smallest absolute Gasteiger partial charge is 0.267 e. The Bertz CT molecular complexity index is 2030. The molecule has 40 heavy (non-hydrogen) atoms. The van der Waals surface area contributed by atoms with Gasteiger partial charge in [0.05, 0.1) is 34.8 Å². The van der Waals surface area contributed by atoms with Crippen LogP contribution in [-0.2, 0) is 7.05 Å². The molecule has 0 saturated carbocycles. The molecule has 1 N–H and O–H groups in total. The van der Waals surface area contributed by atoms with Crippen LogP contribution in [0.5, 0.6) is 0 Å². The van der Waals surface area contributed by atoms with E-state index in [1.54, 1.807) is 65.2 Å². The van der Waals surface area contributed by atoms with Crippen LogP contribution in [0.1, 0.15) is 46.0 Å². The van der Waals surface area contributed by atoms with Crippen LogP contribution in [0.4, 0.5) is 0 Å². The normalized spacial score (nSPS) is 11.8. The van der Waals surface area contributed by atoms with E-state index in [-0.39, 0.29) is 11.5 Å². The summed E-state index contributed by atoms with van der Waals surface area (Å²) in [5.74, 6) is 5.81. The molecule has 1 atom stereocenters. The van der Waals surface area contributed by atoms with Gasteiger partial charge in [0, 0.05) is 25.6 Å². The second-order valence-corrected chi connectivity index (χ2v) is 9.34. The van der Waals surface area contributed by atoms with E-state index in [0.29, 0.717) is 45.1 Å². The lowest BCUT2D eigenvalue weighted by Crippen LogP contribution is -2.31. The topological polar surface area (TPSA) is 111 Å². The summed E-state index contributed by atoms with van der Waals surface area (Å²) in [6.45, 7) is 3.57. The van der Waals surface area contributed by atoms with Crippen molar-refractivity contribution in [1.29, 1.82) is 0 Å². The van der Waals surface area contributed by atoms with Crippen molar-refractivity contribution < 1.29 is 4.79 Å². The van der Waals surface area contributed by atoms with Crippen molar-refractivity contribution in [2.24, 2.45) is 7.05 Å². The number of nitrogens with one attached hydrogen (secondary N) is 1. The first kappa shape index (κ1) is 24.8. The van der Waals surface area contributed by atoms with E-state index in [0.717, 1.165) is 5.56 Å². The molecule has 5 aromatic heterocycles. The highest BCUT2D eigenvalue weighted by atomic mass is 16.2. The Balaban J connectivity index is 1.48. The predicted molar refractivity (Wildman–Crippen MR) is 150 cm³/mol. The zero-order chi connectivity index (χ0) is 27.8. The second kappa shape index (κ2) is 9.96. The first-order chi connectivity index (χ1) is 19.4. The van der Waals surface area contributed by atoms with Gasteiger partial charge in [-0.05, 0) is 43.5 Å². The summed E-state index contributed by atoms with van der Waals surface area (Å²) in [7, 11) is 1.82. The Morgan fingerprint density at radius 2 is 1.88 bits per heavy atom. The van der Waals surface area contributed by atoms with Crippen LogP contribution >= 0.6 is 0 Å². The molecule has 1 amide bonds. The number of fused-ring (bicyclic) bond motifs is 2. The Morgan fingerprint density at radius 3 is 2.65 bits per heavy atom. The van der Waals surface area contributed by atoms with Gasteiger partial charge in [0.2, 0.25) is 0 Å². The van der Waals surface area contributed by atoms with Crippen LogP contribution in [0.15, 0.2) is 84.2 Å². The highest BCUT2D eigenvalue weighted by Gasteiger charge is 2.25. The molecular weight excluding hydrogens is 504 g/mol. The van der Waals surface area contributed by atoms with Gasteiger partial charge in [-0.1, -0.05) is 42.3 Å². The molecule has 0 radical (unpaired) electrons. The average Bonchev–Trinajstić information content (AvgIpc) is 3.53. The molecule has 0 aliphatic carbocycles. The molecule has 6 aromatic rings. The van der Waals surface area contributed by atoms with Crippen LogP contribution in [-0.4, -0.2) is 39.7 Å². The Hall–Kier alpha value is -5.56. The van der Waals surface area contributed by atoms with E-state index in [9.17, 15) is 9.59 Å². The maximum Gasteiger partial charge on any atom is 0.267 e. The molecule has 0 aliphatic heterocycles. The van der Waals surface area contributed by atoms with Crippen molar-refractivity contribution in [2.75, 3.05) is 0 Å². The first-order valence-corrected chi connectivity index (χ1v) is 12.6. The van der Waals surface area contributed by atoms with Crippen LogP contribution in [0.25, 0.3) is 22.4 Å². The van der Waals surface area contributed by atoms with Crippen molar-refractivity contribution in [3.63, 3.8) is 0 Å². The Kier molecular flexibility index (Phi) is 6.16. The third-order valence-electron chi connectivity index (χ3n) is 6.53. The average molecular weight is 529 g/mol. The number of aromatic nitrogens is 7. The van der Waals surface area contributed by atoms with Crippen molar-refractivity contribution >= 4 is 17.2 Å². The highest BCUT2D eigenvalue weighted by Crippen LogP contribution is 2.25. The van der Waals surface area contributed by atoms with Crippen LogP contribution < -0.4 is 10.9 Å². The SMILES string of the molecule is Cc1nn2cccnc2c1C(=O)N[C@@H](C)c1nc2cccc(C#Cc3cnn(C)c3)n2c(=O)c1-c1ccccc1. The van der Waals surface area contributed by atoms with Crippen molar-refractivity contribution in [3.05, 3.63) is 118 Å². The molecule has 6 rings (SSSR count). The molecule has 10 nitrogen and oxygen atoms in total.